The summed E-state index contributed by atoms with van der Waals surface area (Å²) in [5.74, 6) is 1.76. The van der Waals surface area contributed by atoms with Crippen molar-refractivity contribution in [1.82, 2.24) is 5.32 Å². The highest BCUT2D eigenvalue weighted by molar-refractivity contribution is 8.00. The van der Waals surface area contributed by atoms with Gasteiger partial charge < -0.3 is 10.1 Å². The van der Waals surface area contributed by atoms with Crippen molar-refractivity contribution in [2.24, 2.45) is 0 Å². The summed E-state index contributed by atoms with van der Waals surface area (Å²) in [6, 6.07) is 6.54. The number of ether oxygens (including phenoxy) is 1. The Balaban J connectivity index is 1.99. The van der Waals surface area contributed by atoms with E-state index in [9.17, 15) is 0 Å². The van der Waals surface area contributed by atoms with Crippen LogP contribution in [0.15, 0.2) is 23.1 Å². The van der Waals surface area contributed by atoms with Gasteiger partial charge in [0.2, 0.25) is 0 Å². The van der Waals surface area contributed by atoms with Gasteiger partial charge in [-0.1, -0.05) is 23.9 Å². The maximum atomic E-state index is 6.07. The van der Waals surface area contributed by atoms with Gasteiger partial charge >= 0.3 is 0 Å². The third-order valence-electron chi connectivity index (χ3n) is 3.21. The summed E-state index contributed by atoms with van der Waals surface area (Å²) in [5.41, 5.74) is 1.39. The topological polar surface area (TPSA) is 21.3 Å². The van der Waals surface area contributed by atoms with Crippen LogP contribution in [0.25, 0.3) is 0 Å². The molecule has 2 nitrogen and oxygen atoms in total. The Hall–Kier alpha value is -0.670. The van der Waals surface area contributed by atoms with Gasteiger partial charge in [0.05, 0.1) is 4.90 Å². The molecule has 0 aromatic heterocycles. The zero-order valence-electron chi connectivity index (χ0n) is 9.75. The maximum Gasteiger partial charge on any atom is 0.153 e. The van der Waals surface area contributed by atoms with E-state index in [1.807, 2.05) is 11.8 Å². The van der Waals surface area contributed by atoms with Crippen molar-refractivity contribution in [2.75, 3.05) is 13.1 Å². The molecule has 1 aromatic rings. The number of benzene rings is 1. The monoisotopic (exact) mass is 235 g/mol. The smallest absolute Gasteiger partial charge is 0.153 e. The van der Waals surface area contributed by atoms with E-state index in [4.69, 9.17) is 4.74 Å². The minimum absolute atomic E-state index is 0.107. The fourth-order valence-corrected chi connectivity index (χ4v) is 3.55. The van der Waals surface area contributed by atoms with Gasteiger partial charge in [0.25, 0.3) is 0 Å². The standard InChI is InChI=1S/C13H17NOS/c1-13(2)15-12-10(9-6-7-14-8-9)4-3-5-11(12)16-13/h3-5,9,14H,6-8H2,1-2H3. The third-order valence-corrected chi connectivity index (χ3v) is 4.33. The van der Waals surface area contributed by atoms with Gasteiger partial charge in [0.15, 0.2) is 4.93 Å². The van der Waals surface area contributed by atoms with Crippen LogP contribution in [0.2, 0.25) is 0 Å². The van der Waals surface area contributed by atoms with Crippen LogP contribution in [-0.4, -0.2) is 18.0 Å². The highest BCUT2D eigenvalue weighted by Crippen LogP contribution is 2.50. The second-order valence-corrected chi connectivity index (χ2v) is 6.60. The predicted octanol–water partition coefficient (Wildman–Crippen LogP) is 2.98. The van der Waals surface area contributed by atoms with Crippen LogP contribution in [0.4, 0.5) is 0 Å². The molecule has 2 aliphatic heterocycles. The Morgan fingerprint density at radius 1 is 1.44 bits per heavy atom. The molecule has 3 rings (SSSR count). The number of hydrogen-bond donors (Lipinski definition) is 1. The Morgan fingerprint density at radius 2 is 2.31 bits per heavy atom. The lowest BCUT2D eigenvalue weighted by atomic mass is 9.97. The summed E-state index contributed by atoms with van der Waals surface area (Å²) in [7, 11) is 0. The second kappa shape index (κ2) is 3.67. The average molecular weight is 235 g/mol. The third kappa shape index (κ3) is 1.72. The molecule has 0 spiro atoms. The first-order valence-corrected chi connectivity index (χ1v) is 6.69. The van der Waals surface area contributed by atoms with Crippen LogP contribution >= 0.6 is 11.8 Å². The van der Waals surface area contributed by atoms with Crippen LogP contribution in [0.5, 0.6) is 5.75 Å². The van der Waals surface area contributed by atoms with Gasteiger partial charge in [-0.3, -0.25) is 0 Å². The minimum Gasteiger partial charge on any atom is -0.475 e. The van der Waals surface area contributed by atoms with Crippen molar-refractivity contribution < 1.29 is 4.74 Å². The van der Waals surface area contributed by atoms with Crippen LogP contribution in [0.3, 0.4) is 0 Å². The molecule has 1 atom stereocenters. The molecule has 1 N–H and O–H groups in total. The highest BCUT2D eigenvalue weighted by Gasteiger charge is 2.34. The minimum atomic E-state index is -0.107. The van der Waals surface area contributed by atoms with Crippen molar-refractivity contribution in [2.45, 2.75) is 36.0 Å². The first kappa shape index (κ1) is 10.5. The highest BCUT2D eigenvalue weighted by atomic mass is 32.2. The number of thioether (sulfide) groups is 1. The van der Waals surface area contributed by atoms with Gasteiger partial charge in [-0.2, -0.15) is 0 Å². The lowest BCUT2D eigenvalue weighted by Crippen LogP contribution is -2.19. The SMILES string of the molecule is CC1(C)Oc2c(cccc2C2CCNC2)S1. The fourth-order valence-electron chi connectivity index (χ4n) is 2.50. The number of rotatable bonds is 1. The van der Waals surface area contributed by atoms with Crippen LogP contribution in [0, 0.1) is 0 Å². The van der Waals surface area contributed by atoms with Gasteiger partial charge in [0.1, 0.15) is 5.75 Å². The van der Waals surface area contributed by atoms with Gasteiger partial charge in [-0.25, -0.2) is 0 Å². The normalized spacial score (nSPS) is 26.5. The Morgan fingerprint density at radius 3 is 3.06 bits per heavy atom. The second-order valence-electron chi connectivity index (χ2n) is 4.97. The molecule has 0 amide bonds. The maximum absolute atomic E-state index is 6.07. The Labute approximate surface area is 101 Å². The average Bonchev–Trinajstić information content (AvgIpc) is 2.80. The molecule has 2 aliphatic rings. The quantitative estimate of drug-likeness (QED) is 0.808. The molecule has 0 saturated carbocycles. The van der Waals surface area contributed by atoms with Crippen molar-refractivity contribution >= 4 is 11.8 Å². The van der Waals surface area contributed by atoms with E-state index < -0.39 is 0 Å². The van der Waals surface area contributed by atoms with E-state index in [0.717, 1.165) is 18.8 Å². The molecule has 2 heterocycles. The van der Waals surface area contributed by atoms with Gasteiger partial charge in [0, 0.05) is 12.5 Å². The summed E-state index contributed by atoms with van der Waals surface area (Å²) < 4.78 is 6.07. The first-order chi connectivity index (χ1) is 7.66. The summed E-state index contributed by atoms with van der Waals surface area (Å²) in [6.07, 6.45) is 1.23. The first-order valence-electron chi connectivity index (χ1n) is 5.87. The Kier molecular flexibility index (Phi) is 2.41. The molecule has 16 heavy (non-hydrogen) atoms. The molecular formula is C13H17NOS. The van der Waals surface area contributed by atoms with Crippen molar-refractivity contribution in [3.63, 3.8) is 0 Å². The van der Waals surface area contributed by atoms with Crippen LogP contribution in [0.1, 0.15) is 31.7 Å². The molecular weight excluding hydrogens is 218 g/mol. The summed E-state index contributed by atoms with van der Waals surface area (Å²) >= 11 is 1.82. The summed E-state index contributed by atoms with van der Waals surface area (Å²) in [6.45, 7) is 6.48. The molecule has 0 radical (unpaired) electrons. The molecule has 3 heteroatoms. The molecule has 86 valence electrons. The number of para-hydroxylation sites is 1. The molecule has 1 saturated heterocycles. The molecule has 1 fully saturated rings. The van der Waals surface area contributed by atoms with Gasteiger partial charge in [-0.15, -0.1) is 0 Å². The predicted molar refractivity (Wildman–Crippen MR) is 67.2 cm³/mol. The summed E-state index contributed by atoms with van der Waals surface area (Å²) in [5, 5.41) is 3.42. The zero-order valence-corrected chi connectivity index (χ0v) is 10.6. The molecule has 0 bridgehead atoms. The van der Waals surface area contributed by atoms with E-state index >= 15 is 0 Å². The van der Waals surface area contributed by atoms with E-state index in [0.29, 0.717) is 5.92 Å². The van der Waals surface area contributed by atoms with E-state index in [1.54, 1.807) is 0 Å². The fraction of sp³-hybridized carbons (Fsp3) is 0.538. The number of hydrogen-bond acceptors (Lipinski definition) is 3. The number of fused-ring (bicyclic) bond motifs is 1. The van der Waals surface area contributed by atoms with Crippen molar-refractivity contribution in [1.29, 1.82) is 0 Å². The van der Waals surface area contributed by atoms with Crippen molar-refractivity contribution in [3.8, 4) is 5.75 Å². The van der Waals surface area contributed by atoms with Crippen LogP contribution in [-0.2, 0) is 0 Å². The van der Waals surface area contributed by atoms with E-state index in [1.165, 1.54) is 16.9 Å². The number of nitrogens with one attached hydrogen (secondary N) is 1. The summed E-state index contributed by atoms with van der Waals surface area (Å²) in [4.78, 5) is 1.19. The van der Waals surface area contributed by atoms with E-state index in [-0.39, 0.29) is 4.93 Å². The Bertz CT molecular complexity index is 410. The molecule has 1 aromatic carbocycles. The lowest BCUT2D eigenvalue weighted by Gasteiger charge is -2.18. The van der Waals surface area contributed by atoms with E-state index in [2.05, 4.69) is 37.4 Å². The molecule has 1 unspecified atom stereocenters. The molecule has 0 aliphatic carbocycles. The van der Waals surface area contributed by atoms with Crippen LogP contribution < -0.4 is 10.1 Å². The zero-order chi connectivity index (χ0) is 11.2. The van der Waals surface area contributed by atoms with Gasteiger partial charge in [-0.05, 0) is 38.4 Å². The largest absolute Gasteiger partial charge is 0.475 e. The lowest BCUT2D eigenvalue weighted by molar-refractivity contribution is 0.212. The van der Waals surface area contributed by atoms with Crippen molar-refractivity contribution in [3.05, 3.63) is 23.8 Å².